The Labute approximate surface area is 160 Å². The van der Waals surface area contributed by atoms with Crippen molar-refractivity contribution in [3.05, 3.63) is 95.6 Å². The summed E-state index contributed by atoms with van der Waals surface area (Å²) in [6.45, 7) is 1.81. The molecule has 3 nitrogen and oxygen atoms in total. The Kier molecular flexibility index (Phi) is 4.29. The van der Waals surface area contributed by atoms with E-state index in [1.54, 1.807) is 18.2 Å². The van der Waals surface area contributed by atoms with Gasteiger partial charge in [0.25, 0.3) is 0 Å². The van der Waals surface area contributed by atoms with Crippen molar-refractivity contribution in [2.45, 2.75) is 17.5 Å². The van der Waals surface area contributed by atoms with E-state index in [1.165, 1.54) is 0 Å². The van der Waals surface area contributed by atoms with Gasteiger partial charge in [0.15, 0.2) is 17.3 Å². The van der Waals surface area contributed by atoms with Crippen molar-refractivity contribution in [3.8, 4) is 11.5 Å². The van der Waals surface area contributed by atoms with Crippen LogP contribution in [-0.4, -0.2) is 10.6 Å². The zero-order valence-corrected chi connectivity index (χ0v) is 15.8. The highest BCUT2D eigenvalue weighted by Gasteiger charge is 2.45. The zero-order valence-electron chi connectivity index (χ0n) is 14.2. The minimum absolute atomic E-state index is 0.00771. The van der Waals surface area contributed by atoms with E-state index in [0.29, 0.717) is 17.1 Å². The number of hydrogen-bond acceptors (Lipinski definition) is 3. The number of fused-ring (bicyclic) bond motifs is 1. The maximum atomic E-state index is 12.3. The van der Waals surface area contributed by atoms with Crippen molar-refractivity contribution < 1.29 is 14.3 Å². The molecule has 0 fully saturated rings. The van der Waals surface area contributed by atoms with E-state index in [9.17, 15) is 4.79 Å². The molecule has 0 amide bonds. The molecule has 130 valence electrons. The third kappa shape index (κ3) is 2.80. The Hall–Kier alpha value is -2.59. The Morgan fingerprint density at radius 2 is 1.38 bits per heavy atom. The van der Waals surface area contributed by atoms with Crippen molar-refractivity contribution in [3.63, 3.8) is 0 Å². The van der Waals surface area contributed by atoms with E-state index >= 15 is 0 Å². The summed E-state index contributed by atoms with van der Waals surface area (Å²) >= 11 is 3.33. The summed E-state index contributed by atoms with van der Waals surface area (Å²) in [5.41, 5.74) is 2.38. The van der Waals surface area contributed by atoms with E-state index < -0.39 is 5.79 Å². The van der Waals surface area contributed by atoms with E-state index in [1.807, 2.05) is 67.6 Å². The molecule has 26 heavy (non-hydrogen) atoms. The van der Waals surface area contributed by atoms with Crippen LogP contribution in [0.2, 0.25) is 0 Å². The van der Waals surface area contributed by atoms with Crippen LogP contribution in [0.3, 0.4) is 0 Å². The van der Waals surface area contributed by atoms with Gasteiger partial charge in [0, 0.05) is 16.7 Å². The van der Waals surface area contributed by atoms with E-state index in [2.05, 4.69) is 15.9 Å². The Morgan fingerprint density at radius 3 is 1.92 bits per heavy atom. The summed E-state index contributed by atoms with van der Waals surface area (Å²) in [5.74, 6) is 0.133. The van der Waals surface area contributed by atoms with E-state index in [-0.39, 0.29) is 10.6 Å². The molecule has 0 saturated carbocycles. The fourth-order valence-corrected chi connectivity index (χ4v) is 3.37. The first-order chi connectivity index (χ1) is 12.6. The molecule has 0 N–H and O–H groups in total. The van der Waals surface area contributed by atoms with E-state index in [0.717, 1.165) is 11.1 Å². The first-order valence-electron chi connectivity index (χ1n) is 8.41. The van der Waals surface area contributed by atoms with Crippen molar-refractivity contribution in [1.82, 2.24) is 0 Å². The third-order valence-electron chi connectivity index (χ3n) is 4.40. The molecule has 1 aliphatic heterocycles. The van der Waals surface area contributed by atoms with Crippen molar-refractivity contribution >= 4 is 21.7 Å². The first-order valence-corrected chi connectivity index (χ1v) is 9.33. The predicted octanol–water partition coefficient (Wildman–Crippen LogP) is 5.33. The van der Waals surface area contributed by atoms with Crippen LogP contribution >= 0.6 is 15.9 Å². The monoisotopic (exact) mass is 408 g/mol. The first kappa shape index (κ1) is 16.9. The molecule has 4 rings (SSSR count). The number of ketones is 1. The van der Waals surface area contributed by atoms with Gasteiger partial charge in [-0.25, -0.2) is 0 Å². The molecule has 0 spiro atoms. The second-order valence-corrected chi connectivity index (χ2v) is 7.57. The smallest absolute Gasteiger partial charge is 0.305 e. The van der Waals surface area contributed by atoms with Crippen LogP contribution in [0.1, 0.15) is 28.4 Å². The van der Waals surface area contributed by atoms with Gasteiger partial charge in [-0.05, 0) is 25.1 Å². The van der Waals surface area contributed by atoms with Crippen molar-refractivity contribution in [2.75, 3.05) is 0 Å². The number of rotatable bonds is 4. The maximum absolute atomic E-state index is 12.3. The number of Topliss-reactive ketones (excluding diaryl/α,β-unsaturated/α-hetero) is 1. The standard InChI is InChI=1S/C22H17BrO3/c1-15(23)21(24)16-12-13-19-20(14-16)26-22(25-19,17-8-4-2-5-9-17)18-10-6-3-7-11-18/h2-15H,1H3. The number of ether oxygens (including phenoxy) is 2. The number of halogens is 1. The van der Waals surface area contributed by atoms with Gasteiger partial charge in [0.2, 0.25) is 0 Å². The highest BCUT2D eigenvalue weighted by atomic mass is 79.9. The molecule has 0 bridgehead atoms. The quantitative estimate of drug-likeness (QED) is 0.432. The van der Waals surface area contributed by atoms with Crippen LogP contribution in [0, 0.1) is 0 Å². The molecular formula is C22H17BrO3. The lowest BCUT2D eigenvalue weighted by Gasteiger charge is -2.28. The lowest BCUT2D eigenvalue weighted by Crippen LogP contribution is -2.36. The molecule has 1 aliphatic rings. The fourth-order valence-electron chi connectivity index (χ4n) is 3.10. The molecule has 1 unspecified atom stereocenters. The molecule has 0 radical (unpaired) electrons. The molecular weight excluding hydrogens is 392 g/mol. The summed E-state index contributed by atoms with van der Waals surface area (Å²) in [6.07, 6.45) is 0. The van der Waals surface area contributed by atoms with Gasteiger partial charge in [-0.1, -0.05) is 76.6 Å². The van der Waals surface area contributed by atoms with Gasteiger partial charge in [0.05, 0.1) is 4.83 Å². The van der Waals surface area contributed by atoms with Gasteiger partial charge in [-0.15, -0.1) is 0 Å². The molecule has 4 heteroatoms. The average Bonchev–Trinajstić information content (AvgIpc) is 3.08. The highest BCUT2D eigenvalue weighted by Crippen LogP contribution is 2.47. The van der Waals surface area contributed by atoms with Crippen molar-refractivity contribution in [2.24, 2.45) is 0 Å². The second-order valence-electron chi connectivity index (χ2n) is 6.19. The summed E-state index contributed by atoms with van der Waals surface area (Å²) in [5, 5.41) is 0. The minimum atomic E-state index is -1.06. The molecule has 1 atom stereocenters. The highest BCUT2D eigenvalue weighted by molar-refractivity contribution is 9.10. The lowest BCUT2D eigenvalue weighted by atomic mass is 9.97. The van der Waals surface area contributed by atoms with Gasteiger partial charge >= 0.3 is 5.79 Å². The van der Waals surface area contributed by atoms with Gasteiger partial charge < -0.3 is 9.47 Å². The van der Waals surface area contributed by atoms with Crippen LogP contribution in [0.4, 0.5) is 0 Å². The number of benzene rings is 3. The normalized spacial score (nSPS) is 15.5. The summed E-state index contributed by atoms with van der Waals surface area (Å²) < 4.78 is 12.7. The minimum Gasteiger partial charge on any atom is -0.440 e. The number of carbonyl (C=O) groups excluding carboxylic acids is 1. The lowest BCUT2D eigenvalue weighted by molar-refractivity contribution is -0.0459. The van der Waals surface area contributed by atoms with E-state index in [4.69, 9.17) is 9.47 Å². The van der Waals surface area contributed by atoms with Crippen LogP contribution in [0.5, 0.6) is 11.5 Å². The Bertz CT molecular complexity index is 897. The van der Waals surface area contributed by atoms with Crippen LogP contribution < -0.4 is 9.47 Å². The Morgan fingerprint density at radius 1 is 0.846 bits per heavy atom. The average molecular weight is 409 g/mol. The fraction of sp³-hybridized carbons (Fsp3) is 0.136. The van der Waals surface area contributed by atoms with Crippen LogP contribution in [-0.2, 0) is 5.79 Å². The molecule has 0 saturated heterocycles. The number of hydrogen-bond donors (Lipinski definition) is 0. The van der Waals surface area contributed by atoms with Crippen LogP contribution in [0.25, 0.3) is 0 Å². The maximum Gasteiger partial charge on any atom is 0.305 e. The largest absolute Gasteiger partial charge is 0.440 e. The van der Waals surface area contributed by atoms with Gasteiger partial charge in [0.1, 0.15) is 0 Å². The zero-order chi connectivity index (χ0) is 18.1. The summed E-state index contributed by atoms with van der Waals surface area (Å²) in [6, 6.07) is 25.0. The van der Waals surface area contributed by atoms with Gasteiger partial charge in [-0.2, -0.15) is 0 Å². The third-order valence-corrected chi connectivity index (χ3v) is 4.82. The second kappa shape index (κ2) is 6.61. The van der Waals surface area contributed by atoms with Crippen LogP contribution in [0.15, 0.2) is 78.9 Å². The number of carbonyl (C=O) groups is 1. The molecule has 3 aromatic carbocycles. The number of alkyl halides is 1. The molecule has 3 aromatic rings. The van der Waals surface area contributed by atoms with Gasteiger partial charge in [-0.3, -0.25) is 4.79 Å². The predicted molar refractivity (Wildman–Crippen MR) is 104 cm³/mol. The summed E-state index contributed by atoms with van der Waals surface area (Å²) in [7, 11) is 0. The molecule has 0 aromatic heterocycles. The molecule has 1 heterocycles. The Balaban J connectivity index is 1.81. The summed E-state index contributed by atoms with van der Waals surface area (Å²) in [4.78, 5) is 12.0. The van der Waals surface area contributed by atoms with Crippen molar-refractivity contribution in [1.29, 1.82) is 0 Å². The molecule has 0 aliphatic carbocycles. The topological polar surface area (TPSA) is 35.5 Å². The SMILES string of the molecule is CC(Br)C(=O)c1ccc2c(c1)OC(c1ccccc1)(c1ccccc1)O2.